The molecule has 0 amide bonds. The van der Waals surface area contributed by atoms with Crippen molar-refractivity contribution in [2.24, 2.45) is 0 Å². The van der Waals surface area contributed by atoms with Gasteiger partial charge in [0.15, 0.2) is 10.4 Å². The number of aromatic nitrogens is 3. The van der Waals surface area contributed by atoms with Crippen LogP contribution in [0, 0.1) is 0 Å². The molecule has 0 saturated heterocycles. The number of H-pyrrole nitrogens is 1. The molecule has 2 rings (SSSR count). The molecule has 6 nitrogen and oxygen atoms in total. The Labute approximate surface area is 108 Å². The SMILES string of the molecule is COCCNCc1nnc(-c2c[nH]ccc2=O)s1. The van der Waals surface area contributed by atoms with E-state index in [0.717, 1.165) is 11.6 Å². The highest BCUT2D eigenvalue weighted by molar-refractivity contribution is 7.14. The minimum atomic E-state index is -0.0520. The van der Waals surface area contributed by atoms with Crippen LogP contribution in [0.15, 0.2) is 23.3 Å². The van der Waals surface area contributed by atoms with E-state index in [-0.39, 0.29) is 5.43 Å². The van der Waals surface area contributed by atoms with Crippen LogP contribution in [0.5, 0.6) is 0 Å². The van der Waals surface area contributed by atoms with E-state index in [0.29, 0.717) is 23.7 Å². The van der Waals surface area contributed by atoms with E-state index in [4.69, 9.17) is 4.74 Å². The Balaban J connectivity index is 2.02. The lowest BCUT2D eigenvalue weighted by Gasteiger charge is -1.99. The Morgan fingerprint density at radius 3 is 3.17 bits per heavy atom. The maximum absolute atomic E-state index is 11.6. The Bertz CT molecular complexity index is 552. The molecule has 7 heteroatoms. The zero-order valence-electron chi connectivity index (χ0n) is 9.97. The number of aromatic amines is 1. The van der Waals surface area contributed by atoms with Gasteiger partial charge < -0.3 is 15.0 Å². The summed E-state index contributed by atoms with van der Waals surface area (Å²) < 4.78 is 4.93. The van der Waals surface area contributed by atoms with E-state index >= 15 is 0 Å². The van der Waals surface area contributed by atoms with E-state index in [1.165, 1.54) is 17.4 Å². The molecule has 0 aliphatic carbocycles. The van der Waals surface area contributed by atoms with E-state index < -0.39 is 0 Å². The highest BCUT2D eigenvalue weighted by atomic mass is 32.1. The van der Waals surface area contributed by atoms with Gasteiger partial charge in [-0.15, -0.1) is 10.2 Å². The minimum Gasteiger partial charge on any atom is -0.383 e. The number of rotatable bonds is 6. The molecule has 96 valence electrons. The topological polar surface area (TPSA) is 79.9 Å². The monoisotopic (exact) mass is 266 g/mol. The van der Waals surface area contributed by atoms with Crippen molar-refractivity contribution in [3.8, 4) is 10.6 Å². The van der Waals surface area contributed by atoms with Crippen molar-refractivity contribution in [1.82, 2.24) is 20.5 Å². The normalized spacial score (nSPS) is 10.7. The molecular weight excluding hydrogens is 252 g/mol. The molecule has 2 heterocycles. The molecule has 18 heavy (non-hydrogen) atoms. The van der Waals surface area contributed by atoms with Crippen molar-refractivity contribution in [3.63, 3.8) is 0 Å². The van der Waals surface area contributed by atoms with Gasteiger partial charge in [0.25, 0.3) is 0 Å². The van der Waals surface area contributed by atoms with Gasteiger partial charge in [0.05, 0.1) is 12.2 Å². The van der Waals surface area contributed by atoms with Crippen molar-refractivity contribution in [2.45, 2.75) is 6.54 Å². The molecule has 2 N–H and O–H groups in total. The Morgan fingerprint density at radius 1 is 1.50 bits per heavy atom. The van der Waals surface area contributed by atoms with Gasteiger partial charge >= 0.3 is 0 Å². The molecule has 2 aromatic heterocycles. The van der Waals surface area contributed by atoms with Crippen LogP contribution in [-0.2, 0) is 11.3 Å². The van der Waals surface area contributed by atoms with E-state index in [9.17, 15) is 4.79 Å². The Morgan fingerprint density at radius 2 is 2.39 bits per heavy atom. The van der Waals surface area contributed by atoms with E-state index in [2.05, 4.69) is 20.5 Å². The van der Waals surface area contributed by atoms with Crippen molar-refractivity contribution >= 4 is 11.3 Å². The summed E-state index contributed by atoms with van der Waals surface area (Å²) in [4.78, 5) is 14.5. The lowest BCUT2D eigenvalue weighted by molar-refractivity contribution is 0.199. The maximum atomic E-state index is 11.6. The number of pyridine rings is 1. The van der Waals surface area contributed by atoms with Crippen LogP contribution in [0.3, 0.4) is 0 Å². The molecule has 0 unspecified atom stereocenters. The summed E-state index contributed by atoms with van der Waals surface area (Å²) >= 11 is 1.41. The summed E-state index contributed by atoms with van der Waals surface area (Å²) in [5.41, 5.74) is 0.502. The number of methoxy groups -OCH3 is 1. The average Bonchev–Trinajstić information content (AvgIpc) is 2.84. The molecule has 0 aliphatic heterocycles. The summed E-state index contributed by atoms with van der Waals surface area (Å²) in [6.07, 6.45) is 3.24. The summed E-state index contributed by atoms with van der Waals surface area (Å²) in [5.74, 6) is 0. The van der Waals surface area contributed by atoms with E-state index in [1.807, 2.05) is 0 Å². The fraction of sp³-hybridized carbons (Fsp3) is 0.364. The van der Waals surface area contributed by atoms with Crippen LogP contribution in [0.1, 0.15) is 5.01 Å². The molecule has 0 radical (unpaired) electrons. The lowest BCUT2D eigenvalue weighted by Crippen LogP contribution is -2.18. The van der Waals surface area contributed by atoms with Crippen LogP contribution >= 0.6 is 11.3 Å². The average molecular weight is 266 g/mol. The zero-order valence-corrected chi connectivity index (χ0v) is 10.8. The predicted octanol–water partition coefficient (Wildman–Crippen LogP) is 0.629. The van der Waals surface area contributed by atoms with Gasteiger partial charge in [-0.3, -0.25) is 4.79 Å². The smallest absolute Gasteiger partial charge is 0.191 e. The van der Waals surface area contributed by atoms with Crippen molar-refractivity contribution in [2.75, 3.05) is 20.3 Å². The van der Waals surface area contributed by atoms with Crippen LogP contribution in [-0.4, -0.2) is 35.4 Å². The van der Waals surface area contributed by atoms with Crippen LogP contribution in [0.25, 0.3) is 10.6 Å². The van der Waals surface area contributed by atoms with E-state index in [1.54, 1.807) is 19.5 Å². The fourth-order valence-electron chi connectivity index (χ4n) is 1.39. The molecule has 0 saturated carbocycles. The molecule has 0 fully saturated rings. The molecular formula is C11H14N4O2S. The summed E-state index contributed by atoms with van der Waals surface area (Å²) in [6.45, 7) is 2.05. The number of ether oxygens (including phenoxy) is 1. The molecule has 2 aromatic rings. The fourth-order valence-corrected chi connectivity index (χ4v) is 2.22. The molecule has 0 spiro atoms. The molecule has 0 aromatic carbocycles. The Kier molecular flexibility index (Phi) is 4.57. The van der Waals surface area contributed by atoms with Gasteiger partial charge in [0, 0.05) is 38.7 Å². The van der Waals surface area contributed by atoms with Gasteiger partial charge in [-0.25, -0.2) is 0 Å². The maximum Gasteiger partial charge on any atom is 0.191 e. The van der Waals surface area contributed by atoms with Gasteiger partial charge in [-0.1, -0.05) is 11.3 Å². The third kappa shape index (κ3) is 3.22. The second-order valence-electron chi connectivity index (χ2n) is 3.59. The number of hydrogen-bond acceptors (Lipinski definition) is 6. The first-order valence-electron chi connectivity index (χ1n) is 5.51. The summed E-state index contributed by atoms with van der Waals surface area (Å²) in [5, 5.41) is 12.7. The molecule has 0 bridgehead atoms. The quantitative estimate of drug-likeness (QED) is 0.750. The van der Waals surface area contributed by atoms with Crippen molar-refractivity contribution < 1.29 is 4.74 Å². The highest BCUT2D eigenvalue weighted by Crippen LogP contribution is 2.19. The lowest BCUT2D eigenvalue weighted by atomic mass is 10.3. The zero-order chi connectivity index (χ0) is 12.8. The highest BCUT2D eigenvalue weighted by Gasteiger charge is 2.09. The van der Waals surface area contributed by atoms with Crippen molar-refractivity contribution in [1.29, 1.82) is 0 Å². The number of hydrogen-bond donors (Lipinski definition) is 2. The van der Waals surface area contributed by atoms with Crippen LogP contribution < -0.4 is 10.7 Å². The second-order valence-corrected chi connectivity index (χ2v) is 4.65. The standard InChI is InChI=1S/C11H14N4O2S/c1-17-5-4-13-7-10-14-15-11(18-10)8-6-12-3-2-9(8)16/h2-3,6,13H,4-5,7H2,1H3,(H,12,16). The first-order valence-corrected chi connectivity index (χ1v) is 6.32. The third-order valence-corrected chi connectivity index (χ3v) is 3.24. The Hall–Kier alpha value is -1.57. The van der Waals surface area contributed by atoms with Crippen molar-refractivity contribution in [3.05, 3.63) is 33.7 Å². The number of nitrogens with one attached hydrogen (secondary N) is 2. The minimum absolute atomic E-state index is 0.0520. The van der Waals surface area contributed by atoms with Crippen LogP contribution in [0.4, 0.5) is 0 Å². The molecule has 0 atom stereocenters. The van der Waals surface area contributed by atoms with Gasteiger partial charge in [-0.05, 0) is 0 Å². The first-order chi connectivity index (χ1) is 8.81. The van der Waals surface area contributed by atoms with Gasteiger partial charge in [0.2, 0.25) is 0 Å². The number of nitrogens with zero attached hydrogens (tertiary/aromatic N) is 2. The predicted molar refractivity (Wildman–Crippen MR) is 69.5 cm³/mol. The van der Waals surface area contributed by atoms with Crippen LogP contribution in [0.2, 0.25) is 0 Å². The summed E-state index contributed by atoms with van der Waals surface area (Å²) in [6, 6.07) is 1.48. The van der Waals surface area contributed by atoms with Gasteiger partial charge in [-0.2, -0.15) is 0 Å². The molecule has 0 aliphatic rings. The second kappa shape index (κ2) is 6.39. The van der Waals surface area contributed by atoms with Gasteiger partial charge in [0.1, 0.15) is 5.01 Å². The first kappa shape index (κ1) is 12.9. The third-order valence-electron chi connectivity index (χ3n) is 2.28. The summed E-state index contributed by atoms with van der Waals surface area (Å²) in [7, 11) is 1.66. The largest absolute Gasteiger partial charge is 0.383 e.